The number of hydrogen-bond donors (Lipinski definition) is 1. The molecule has 1 aromatic carbocycles. The van der Waals surface area contributed by atoms with E-state index in [1.54, 1.807) is 26.0 Å². The van der Waals surface area contributed by atoms with E-state index in [9.17, 15) is 9.59 Å². The summed E-state index contributed by atoms with van der Waals surface area (Å²) in [5.41, 5.74) is 1.27. The van der Waals surface area contributed by atoms with Crippen LogP contribution in [-0.2, 0) is 15.9 Å². The van der Waals surface area contributed by atoms with Crippen molar-refractivity contribution in [2.24, 2.45) is 0 Å². The zero-order chi connectivity index (χ0) is 14.3. The maximum absolute atomic E-state index is 11.7. The molecule has 0 aliphatic heterocycles. The van der Waals surface area contributed by atoms with Gasteiger partial charge >= 0.3 is 11.9 Å². The first-order valence-corrected chi connectivity index (χ1v) is 6.21. The first-order valence-electron chi connectivity index (χ1n) is 6.21. The molecule has 0 saturated heterocycles. The van der Waals surface area contributed by atoms with Crippen LogP contribution in [0.4, 0.5) is 0 Å². The largest absolute Gasteiger partial charge is 0.462 e. The van der Waals surface area contributed by atoms with Gasteiger partial charge in [-0.25, -0.2) is 9.59 Å². The summed E-state index contributed by atoms with van der Waals surface area (Å²) in [6.07, 6.45) is 0.361. The smallest absolute Gasteiger partial charge is 0.338 e. The maximum atomic E-state index is 11.7. The van der Waals surface area contributed by atoms with Gasteiger partial charge in [-0.3, -0.25) is 0 Å². The number of hydrogen-bond acceptors (Lipinski definition) is 5. The summed E-state index contributed by atoms with van der Waals surface area (Å²) in [7, 11) is 0. The monoisotopic (exact) mass is 266 g/mol. The quantitative estimate of drug-likeness (QED) is 0.791. The SMILES string of the molecule is CCOC(=O)c1cc(CCO)cc(C(=O)OCC)c1. The van der Waals surface area contributed by atoms with Crippen molar-refractivity contribution in [3.05, 3.63) is 34.9 Å². The molecule has 0 amide bonds. The molecule has 0 unspecified atom stereocenters. The Morgan fingerprint density at radius 1 is 1.00 bits per heavy atom. The third-order valence-corrected chi connectivity index (χ3v) is 2.42. The maximum Gasteiger partial charge on any atom is 0.338 e. The van der Waals surface area contributed by atoms with Gasteiger partial charge in [0.25, 0.3) is 0 Å². The number of ether oxygens (including phenoxy) is 2. The molecule has 19 heavy (non-hydrogen) atoms. The van der Waals surface area contributed by atoms with Gasteiger partial charge in [-0.2, -0.15) is 0 Å². The Morgan fingerprint density at radius 3 is 1.84 bits per heavy atom. The van der Waals surface area contributed by atoms with Crippen molar-refractivity contribution in [3.8, 4) is 0 Å². The summed E-state index contributed by atoms with van der Waals surface area (Å²) in [6.45, 7) is 3.88. The highest BCUT2D eigenvalue weighted by Crippen LogP contribution is 2.14. The average molecular weight is 266 g/mol. The van der Waals surface area contributed by atoms with Gasteiger partial charge in [-0.05, 0) is 44.0 Å². The molecule has 0 aromatic heterocycles. The van der Waals surface area contributed by atoms with Crippen molar-refractivity contribution >= 4 is 11.9 Å². The third-order valence-electron chi connectivity index (χ3n) is 2.42. The lowest BCUT2D eigenvalue weighted by molar-refractivity contribution is 0.0525. The van der Waals surface area contributed by atoms with Crippen LogP contribution in [0.5, 0.6) is 0 Å². The van der Waals surface area contributed by atoms with Gasteiger partial charge in [0.05, 0.1) is 24.3 Å². The molecule has 5 nitrogen and oxygen atoms in total. The lowest BCUT2D eigenvalue weighted by atomic mass is 10.0. The molecule has 0 fully saturated rings. The molecule has 5 heteroatoms. The lowest BCUT2D eigenvalue weighted by Gasteiger charge is -2.08. The number of rotatable bonds is 6. The Bertz CT molecular complexity index is 417. The molecule has 104 valence electrons. The topological polar surface area (TPSA) is 72.8 Å². The molecule has 1 aromatic rings. The third kappa shape index (κ3) is 4.37. The minimum Gasteiger partial charge on any atom is -0.462 e. The van der Waals surface area contributed by atoms with Crippen molar-refractivity contribution in [3.63, 3.8) is 0 Å². The van der Waals surface area contributed by atoms with E-state index in [4.69, 9.17) is 14.6 Å². The van der Waals surface area contributed by atoms with E-state index in [0.29, 0.717) is 12.0 Å². The molecule has 1 N–H and O–H groups in total. The Balaban J connectivity index is 3.09. The van der Waals surface area contributed by atoms with E-state index in [1.807, 2.05) is 0 Å². The van der Waals surface area contributed by atoms with Gasteiger partial charge < -0.3 is 14.6 Å². The van der Waals surface area contributed by atoms with Gasteiger partial charge in [-0.15, -0.1) is 0 Å². The first-order chi connectivity index (χ1) is 9.12. The van der Waals surface area contributed by atoms with E-state index >= 15 is 0 Å². The molecule has 0 aliphatic carbocycles. The number of aliphatic hydroxyl groups is 1. The normalized spacial score (nSPS) is 10.1. The Morgan fingerprint density at radius 2 is 1.47 bits per heavy atom. The summed E-state index contributed by atoms with van der Waals surface area (Å²) >= 11 is 0. The first kappa shape index (κ1) is 15.2. The van der Waals surface area contributed by atoms with Crippen LogP contribution in [0.1, 0.15) is 40.1 Å². The van der Waals surface area contributed by atoms with Crippen LogP contribution >= 0.6 is 0 Å². The molecule has 0 heterocycles. The number of carbonyl (C=O) groups excluding carboxylic acids is 2. The van der Waals surface area contributed by atoms with Crippen LogP contribution in [0, 0.1) is 0 Å². The second-order valence-corrected chi connectivity index (χ2v) is 3.83. The second kappa shape index (κ2) is 7.53. The standard InChI is InChI=1S/C14H18O5/c1-3-18-13(16)11-7-10(5-6-15)8-12(9-11)14(17)19-4-2/h7-9,15H,3-6H2,1-2H3. The molecule has 0 radical (unpaired) electrons. The fourth-order valence-corrected chi connectivity index (χ4v) is 1.63. The van der Waals surface area contributed by atoms with Crippen LogP contribution < -0.4 is 0 Å². The van der Waals surface area contributed by atoms with Crippen LogP contribution in [0.25, 0.3) is 0 Å². The average Bonchev–Trinajstić information content (AvgIpc) is 2.39. The number of carbonyl (C=O) groups is 2. The fraction of sp³-hybridized carbons (Fsp3) is 0.429. The fourth-order valence-electron chi connectivity index (χ4n) is 1.63. The second-order valence-electron chi connectivity index (χ2n) is 3.83. The highest BCUT2D eigenvalue weighted by atomic mass is 16.5. The molecular weight excluding hydrogens is 248 g/mol. The predicted molar refractivity (Wildman–Crippen MR) is 69.1 cm³/mol. The molecule has 0 spiro atoms. The van der Waals surface area contributed by atoms with Crippen LogP contribution in [0.2, 0.25) is 0 Å². The van der Waals surface area contributed by atoms with E-state index in [0.717, 1.165) is 0 Å². The van der Waals surface area contributed by atoms with Crippen molar-refractivity contribution in [1.82, 2.24) is 0 Å². The summed E-state index contributed by atoms with van der Waals surface area (Å²) in [5.74, 6) is -0.985. The highest BCUT2D eigenvalue weighted by Gasteiger charge is 2.14. The van der Waals surface area contributed by atoms with Gasteiger partial charge in [0.2, 0.25) is 0 Å². The summed E-state index contributed by atoms with van der Waals surface area (Å²) < 4.78 is 9.80. The molecule has 0 aliphatic rings. The van der Waals surface area contributed by atoms with E-state index < -0.39 is 11.9 Å². The van der Waals surface area contributed by atoms with Crippen molar-refractivity contribution < 1.29 is 24.2 Å². The highest BCUT2D eigenvalue weighted by molar-refractivity contribution is 5.95. The van der Waals surface area contributed by atoms with Gasteiger partial charge in [0.15, 0.2) is 0 Å². The van der Waals surface area contributed by atoms with Gasteiger partial charge in [0.1, 0.15) is 0 Å². The number of aliphatic hydroxyl groups excluding tert-OH is 1. The Kier molecular flexibility index (Phi) is 6.02. The predicted octanol–water partition coefficient (Wildman–Crippen LogP) is 1.57. The Labute approximate surface area is 112 Å². The molecule has 0 atom stereocenters. The minimum atomic E-state index is -0.493. The summed E-state index contributed by atoms with van der Waals surface area (Å²) in [4.78, 5) is 23.4. The van der Waals surface area contributed by atoms with E-state index in [-0.39, 0.29) is 30.9 Å². The van der Waals surface area contributed by atoms with Crippen LogP contribution in [-0.4, -0.2) is 36.9 Å². The minimum absolute atomic E-state index is 0.0610. The molecular formula is C14H18O5. The van der Waals surface area contributed by atoms with Crippen molar-refractivity contribution in [1.29, 1.82) is 0 Å². The lowest BCUT2D eigenvalue weighted by Crippen LogP contribution is -2.10. The molecule has 0 bridgehead atoms. The summed E-state index contributed by atoms with van der Waals surface area (Å²) in [5, 5.41) is 8.95. The molecule has 0 saturated carbocycles. The number of benzene rings is 1. The number of esters is 2. The van der Waals surface area contributed by atoms with Gasteiger partial charge in [0, 0.05) is 6.61 Å². The van der Waals surface area contributed by atoms with E-state index in [1.165, 1.54) is 6.07 Å². The van der Waals surface area contributed by atoms with Crippen molar-refractivity contribution in [2.75, 3.05) is 19.8 Å². The zero-order valence-corrected chi connectivity index (χ0v) is 11.1. The zero-order valence-electron chi connectivity index (χ0n) is 11.1. The van der Waals surface area contributed by atoms with Crippen molar-refractivity contribution in [2.45, 2.75) is 20.3 Å². The van der Waals surface area contributed by atoms with Crippen LogP contribution in [0.15, 0.2) is 18.2 Å². The summed E-state index contributed by atoms with van der Waals surface area (Å²) in [6, 6.07) is 4.66. The van der Waals surface area contributed by atoms with Crippen LogP contribution in [0.3, 0.4) is 0 Å². The van der Waals surface area contributed by atoms with E-state index in [2.05, 4.69) is 0 Å². The van der Waals surface area contributed by atoms with Gasteiger partial charge in [-0.1, -0.05) is 0 Å². The Hall–Kier alpha value is -1.88. The molecule has 1 rings (SSSR count).